The first-order valence-corrected chi connectivity index (χ1v) is 6.63. The molecule has 2 aromatic rings. The molecule has 0 radical (unpaired) electrons. The van der Waals surface area contributed by atoms with E-state index in [1.54, 1.807) is 12.1 Å². The fourth-order valence-electron chi connectivity index (χ4n) is 1.60. The number of rotatable bonds is 4. The molecule has 20 heavy (non-hydrogen) atoms. The molecule has 0 fully saturated rings. The third-order valence-corrected chi connectivity index (χ3v) is 3.37. The van der Waals surface area contributed by atoms with E-state index < -0.39 is 0 Å². The number of hydrogen-bond acceptors (Lipinski definition) is 4. The van der Waals surface area contributed by atoms with Gasteiger partial charge in [-0.15, -0.1) is 0 Å². The summed E-state index contributed by atoms with van der Waals surface area (Å²) in [5, 5.41) is 2.79. The maximum atomic E-state index is 12.0. The van der Waals surface area contributed by atoms with E-state index in [9.17, 15) is 4.79 Å². The molecule has 0 aliphatic heterocycles. The first-order chi connectivity index (χ1) is 9.61. The molecule has 0 unspecified atom stereocenters. The lowest BCUT2D eigenvalue weighted by atomic mass is 10.1. The van der Waals surface area contributed by atoms with Gasteiger partial charge in [-0.3, -0.25) is 4.79 Å². The Morgan fingerprint density at radius 2 is 1.90 bits per heavy atom. The molecule has 1 aromatic heterocycles. The first-order valence-electron chi connectivity index (χ1n) is 5.88. The molecule has 0 aliphatic rings. The fourth-order valence-corrected chi connectivity index (χ4v) is 1.88. The number of benzene rings is 1. The van der Waals surface area contributed by atoms with Crippen molar-refractivity contribution >= 4 is 34.9 Å². The van der Waals surface area contributed by atoms with Gasteiger partial charge in [-0.05, 0) is 30.7 Å². The molecule has 5 nitrogen and oxygen atoms in total. The van der Waals surface area contributed by atoms with Crippen molar-refractivity contribution in [3.05, 3.63) is 51.9 Å². The van der Waals surface area contributed by atoms with Gasteiger partial charge in [-0.2, -0.15) is 0 Å². The zero-order valence-electron chi connectivity index (χ0n) is 10.4. The topological polar surface area (TPSA) is 80.9 Å². The lowest BCUT2D eigenvalue weighted by Gasteiger charge is -2.07. The van der Waals surface area contributed by atoms with Crippen molar-refractivity contribution in [2.45, 2.75) is 6.42 Å². The highest BCUT2D eigenvalue weighted by molar-refractivity contribution is 6.43. The predicted octanol–water partition coefficient (Wildman–Crippen LogP) is 2.54. The molecule has 0 spiro atoms. The Morgan fingerprint density at radius 1 is 1.20 bits per heavy atom. The van der Waals surface area contributed by atoms with E-state index in [-0.39, 0.29) is 21.9 Å². The van der Waals surface area contributed by atoms with Gasteiger partial charge >= 0.3 is 0 Å². The molecule has 104 valence electrons. The molecule has 0 aliphatic carbocycles. The molecule has 1 amide bonds. The summed E-state index contributed by atoms with van der Waals surface area (Å²) >= 11 is 11.7. The van der Waals surface area contributed by atoms with Gasteiger partial charge in [0.1, 0.15) is 11.3 Å². The van der Waals surface area contributed by atoms with Crippen molar-refractivity contribution in [2.24, 2.45) is 5.73 Å². The molecule has 1 heterocycles. The van der Waals surface area contributed by atoms with Crippen molar-refractivity contribution in [3.8, 4) is 0 Å². The van der Waals surface area contributed by atoms with Gasteiger partial charge in [-0.1, -0.05) is 35.3 Å². The van der Waals surface area contributed by atoms with Crippen molar-refractivity contribution < 1.29 is 4.79 Å². The number of nitrogens with two attached hydrogens (primary N) is 1. The smallest absolute Gasteiger partial charge is 0.256 e. The standard InChI is InChI=1S/C13H12Cl2N4O/c14-10-11(15)17-7-18-12(10)19-13(20)9-3-1-8(2-4-9)5-6-16/h1-4,7H,5-6,16H2,(H,17,18,19,20). The normalized spacial score (nSPS) is 10.3. The molecule has 0 saturated carbocycles. The molecular formula is C13H12Cl2N4O. The van der Waals surface area contributed by atoms with Crippen LogP contribution in [-0.2, 0) is 6.42 Å². The number of nitrogens with one attached hydrogen (secondary N) is 1. The number of aromatic nitrogens is 2. The average molecular weight is 311 g/mol. The van der Waals surface area contributed by atoms with Gasteiger partial charge in [0.2, 0.25) is 0 Å². The van der Waals surface area contributed by atoms with Crippen LogP contribution in [0.1, 0.15) is 15.9 Å². The number of carbonyl (C=O) groups excluding carboxylic acids is 1. The predicted molar refractivity (Wildman–Crippen MR) is 79.2 cm³/mol. The molecule has 0 bridgehead atoms. The Morgan fingerprint density at radius 3 is 2.55 bits per heavy atom. The zero-order chi connectivity index (χ0) is 14.5. The van der Waals surface area contributed by atoms with Crippen LogP contribution in [-0.4, -0.2) is 22.4 Å². The van der Waals surface area contributed by atoms with E-state index in [0.29, 0.717) is 12.1 Å². The van der Waals surface area contributed by atoms with Crippen LogP contribution in [0.25, 0.3) is 0 Å². The highest BCUT2D eigenvalue weighted by Crippen LogP contribution is 2.25. The number of carbonyl (C=O) groups is 1. The third kappa shape index (κ3) is 3.45. The Kier molecular flexibility index (Phi) is 4.89. The summed E-state index contributed by atoms with van der Waals surface area (Å²) in [5.74, 6) is -0.135. The lowest BCUT2D eigenvalue weighted by Crippen LogP contribution is -2.13. The molecule has 2 rings (SSSR count). The van der Waals surface area contributed by atoms with Crippen LogP contribution in [0.15, 0.2) is 30.6 Å². The van der Waals surface area contributed by atoms with Crippen LogP contribution in [0.3, 0.4) is 0 Å². The third-order valence-electron chi connectivity index (χ3n) is 2.63. The van der Waals surface area contributed by atoms with Gasteiger partial charge < -0.3 is 11.1 Å². The van der Waals surface area contributed by atoms with E-state index in [1.807, 2.05) is 12.1 Å². The number of nitrogens with zero attached hydrogens (tertiary/aromatic N) is 2. The number of anilines is 1. The molecule has 0 saturated heterocycles. The second-order valence-corrected chi connectivity index (χ2v) is 4.75. The lowest BCUT2D eigenvalue weighted by molar-refractivity contribution is 0.102. The van der Waals surface area contributed by atoms with Crippen LogP contribution in [0.2, 0.25) is 10.2 Å². The molecule has 7 heteroatoms. The Labute approximate surface area is 126 Å². The van der Waals surface area contributed by atoms with Crippen molar-refractivity contribution in [1.82, 2.24) is 9.97 Å². The second kappa shape index (κ2) is 6.65. The van der Waals surface area contributed by atoms with Crippen LogP contribution in [0.4, 0.5) is 5.82 Å². The van der Waals surface area contributed by atoms with E-state index in [1.165, 1.54) is 6.33 Å². The SMILES string of the molecule is NCCc1ccc(C(=O)Nc2ncnc(Cl)c2Cl)cc1. The highest BCUT2D eigenvalue weighted by atomic mass is 35.5. The van der Waals surface area contributed by atoms with Crippen LogP contribution < -0.4 is 11.1 Å². The van der Waals surface area contributed by atoms with Gasteiger partial charge in [0.15, 0.2) is 11.0 Å². The quantitative estimate of drug-likeness (QED) is 0.850. The maximum Gasteiger partial charge on any atom is 0.256 e. The molecular weight excluding hydrogens is 299 g/mol. The minimum absolute atomic E-state index is 0.0928. The Bertz CT molecular complexity index is 616. The molecule has 0 atom stereocenters. The van der Waals surface area contributed by atoms with Crippen molar-refractivity contribution in [1.29, 1.82) is 0 Å². The van der Waals surface area contributed by atoms with Gasteiger partial charge in [0.05, 0.1) is 0 Å². The fraction of sp³-hybridized carbons (Fsp3) is 0.154. The van der Waals surface area contributed by atoms with Crippen LogP contribution >= 0.6 is 23.2 Å². The number of amides is 1. The second-order valence-electron chi connectivity index (χ2n) is 4.02. The minimum Gasteiger partial charge on any atom is -0.330 e. The van der Waals surface area contributed by atoms with Gasteiger partial charge in [0.25, 0.3) is 5.91 Å². The van der Waals surface area contributed by atoms with Gasteiger partial charge in [0, 0.05) is 5.56 Å². The summed E-state index contributed by atoms with van der Waals surface area (Å²) in [4.78, 5) is 19.6. The largest absolute Gasteiger partial charge is 0.330 e. The average Bonchev–Trinajstić information content (AvgIpc) is 2.45. The number of halogens is 2. The van der Waals surface area contributed by atoms with E-state index in [4.69, 9.17) is 28.9 Å². The van der Waals surface area contributed by atoms with Gasteiger partial charge in [-0.25, -0.2) is 9.97 Å². The Balaban J connectivity index is 2.13. The summed E-state index contributed by atoms with van der Waals surface area (Å²) < 4.78 is 0. The Hall–Kier alpha value is -1.69. The molecule has 3 N–H and O–H groups in total. The monoisotopic (exact) mass is 310 g/mol. The first kappa shape index (κ1) is 14.7. The summed E-state index contributed by atoms with van der Waals surface area (Å²) in [6.07, 6.45) is 2.00. The maximum absolute atomic E-state index is 12.0. The molecule has 1 aromatic carbocycles. The summed E-state index contributed by atoms with van der Waals surface area (Å²) in [6.45, 7) is 0.570. The van der Waals surface area contributed by atoms with E-state index in [2.05, 4.69) is 15.3 Å². The van der Waals surface area contributed by atoms with E-state index >= 15 is 0 Å². The van der Waals surface area contributed by atoms with Crippen LogP contribution in [0, 0.1) is 0 Å². The highest BCUT2D eigenvalue weighted by Gasteiger charge is 2.12. The number of hydrogen-bond donors (Lipinski definition) is 2. The van der Waals surface area contributed by atoms with Crippen molar-refractivity contribution in [3.63, 3.8) is 0 Å². The summed E-state index contributed by atoms with van der Waals surface area (Å²) in [5.41, 5.74) is 7.04. The zero-order valence-corrected chi connectivity index (χ0v) is 11.9. The van der Waals surface area contributed by atoms with Crippen LogP contribution in [0.5, 0.6) is 0 Å². The summed E-state index contributed by atoms with van der Waals surface area (Å²) in [6, 6.07) is 7.15. The van der Waals surface area contributed by atoms with E-state index in [0.717, 1.165) is 12.0 Å². The summed E-state index contributed by atoms with van der Waals surface area (Å²) in [7, 11) is 0. The van der Waals surface area contributed by atoms with Crippen molar-refractivity contribution in [2.75, 3.05) is 11.9 Å². The minimum atomic E-state index is -0.319.